The highest BCUT2D eigenvalue weighted by molar-refractivity contribution is 5.77. The van der Waals surface area contributed by atoms with E-state index in [-0.39, 0.29) is 11.9 Å². The quantitative estimate of drug-likeness (QED) is 0.413. The topological polar surface area (TPSA) is 49.0 Å². The molecule has 1 amide bonds. The highest BCUT2D eigenvalue weighted by Crippen LogP contribution is 2.32. The lowest BCUT2D eigenvalue weighted by molar-refractivity contribution is -0.132. The summed E-state index contributed by atoms with van der Waals surface area (Å²) in [6.45, 7) is 0.803. The molecule has 1 N–H and O–H groups in total. The molecule has 0 bridgehead atoms. The second kappa shape index (κ2) is 9.23. The third kappa shape index (κ3) is 4.35. The summed E-state index contributed by atoms with van der Waals surface area (Å²) < 4.78 is 0. The molecule has 160 valence electrons. The molecule has 0 unspecified atom stereocenters. The standard InChI is InChI=1S/C28H27N3O/c32-27(18-15-21-13-16-23(17-14-21)22-8-3-1-4-9-22)31-19-7-12-26(31)28-29-20-25(30-28)24-10-5-2-6-11-24/h1-6,8-11,13-14,16-17,20,26H,7,12,15,18-19H2,(H,29,30)/t26-/m0/s1. The fourth-order valence-corrected chi connectivity index (χ4v) is 4.51. The molecule has 4 aromatic rings. The number of rotatable bonds is 6. The summed E-state index contributed by atoms with van der Waals surface area (Å²) in [4.78, 5) is 23.1. The monoisotopic (exact) mass is 421 g/mol. The van der Waals surface area contributed by atoms with Crippen LogP contribution in [0, 0.1) is 0 Å². The number of hydrogen-bond donors (Lipinski definition) is 1. The average Bonchev–Trinajstić information content (AvgIpc) is 3.54. The number of H-pyrrole nitrogens is 1. The summed E-state index contributed by atoms with van der Waals surface area (Å²) in [7, 11) is 0. The molecule has 1 aliphatic heterocycles. The van der Waals surface area contributed by atoms with Gasteiger partial charge in [0.25, 0.3) is 0 Å². The average molecular weight is 422 g/mol. The Kier molecular flexibility index (Phi) is 5.84. The van der Waals surface area contributed by atoms with Gasteiger partial charge in [-0.15, -0.1) is 0 Å². The van der Waals surface area contributed by atoms with Crippen molar-refractivity contribution in [3.8, 4) is 22.4 Å². The molecule has 3 aromatic carbocycles. The van der Waals surface area contributed by atoms with E-state index in [1.807, 2.05) is 35.4 Å². The fraction of sp³-hybridized carbons (Fsp3) is 0.214. The number of likely N-dealkylation sites (tertiary alicyclic amines) is 1. The number of imidazole rings is 1. The van der Waals surface area contributed by atoms with Crippen molar-refractivity contribution >= 4 is 5.91 Å². The first-order valence-corrected chi connectivity index (χ1v) is 11.3. The van der Waals surface area contributed by atoms with Gasteiger partial charge in [0.15, 0.2) is 0 Å². The Bertz CT molecular complexity index is 1170. The van der Waals surface area contributed by atoms with Gasteiger partial charge in [0.1, 0.15) is 5.82 Å². The van der Waals surface area contributed by atoms with Crippen LogP contribution in [-0.4, -0.2) is 27.3 Å². The highest BCUT2D eigenvalue weighted by Gasteiger charge is 2.31. The number of hydrogen-bond acceptors (Lipinski definition) is 2. The van der Waals surface area contributed by atoms with Crippen LogP contribution < -0.4 is 0 Å². The Balaban J connectivity index is 1.22. The number of nitrogens with one attached hydrogen (secondary N) is 1. The van der Waals surface area contributed by atoms with Gasteiger partial charge in [-0.25, -0.2) is 4.98 Å². The fourth-order valence-electron chi connectivity index (χ4n) is 4.51. The van der Waals surface area contributed by atoms with Gasteiger partial charge in [-0.3, -0.25) is 4.79 Å². The maximum atomic E-state index is 13.1. The SMILES string of the molecule is O=C(CCc1ccc(-c2ccccc2)cc1)N1CCC[C@H]1c1ncc(-c2ccccc2)[nH]1. The molecule has 0 radical (unpaired) electrons. The predicted molar refractivity (Wildman–Crippen MR) is 128 cm³/mol. The maximum absolute atomic E-state index is 13.1. The molecule has 4 nitrogen and oxygen atoms in total. The molecular formula is C28H27N3O. The number of aromatic amines is 1. The van der Waals surface area contributed by atoms with Gasteiger partial charge in [0.05, 0.1) is 17.9 Å². The summed E-state index contributed by atoms with van der Waals surface area (Å²) in [5.41, 5.74) is 5.72. The Morgan fingerprint density at radius 1 is 0.875 bits per heavy atom. The minimum absolute atomic E-state index is 0.0421. The van der Waals surface area contributed by atoms with E-state index in [0.29, 0.717) is 6.42 Å². The molecule has 32 heavy (non-hydrogen) atoms. The second-order valence-electron chi connectivity index (χ2n) is 8.36. The predicted octanol–water partition coefficient (Wildman–Crippen LogP) is 6.04. The van der Waals surface area contributed by atoms with E-state index in [1.54, 1.807) is 0 Å². The van der Waals surface area contributed by atoms with E-state index in [1.165, 1.54) is 16.7 Å². The largest absolute Gasteiger partial charge is 0.340 e. The van der Waals surface area contributed by atoms with Crippen molar-refractivity contribution in [2.45, 2.75) is 31.7 Å². The summed E-state index contributed by atoms with van der Waals surface area (Å²) in [6.07, 6.45) is 5.13. The number of carbonyl (C=O) groups is 1. The summed E-state index contributed by atoms with van der Waals surface area (Å²) in [6, 6.07) is 29.1. The molecule has 0 spiro atoms. The van der Waals surface area contributed by atoms with Crippen LogP contribution in [-0.2, 0) is 11.2 Å². The van der Waals surface area contributed by atoms with Crippen LogP contribution in [0.2, 0.25) is 0 Å². The van der Waals surface area contributed by atoms with Gasteiger partial charge in [-0.2, -0.15) is 0 Å². The van der Waals surface area contributed by atoms with E-state index in [9.17, 15) is 4.79 Å². The van der Waals surface area contributed by atoms with Crippen molar-refractivity contribution < 1.29 is 4.79 Å². The zero-order valence-electron chi connectivity index (χ0n) is 18.1. The minimum atomic E-state index is 0.0421. The smallest absolute Gasteiger partial charge is 0.223 e. The highest BCUT2D eigenvalue weighted by atomic mass is 16.2. The summed E-state index contributed by atoms with van der Waals surface area (Å²) in [5, 5.41) is 0. The van der Waals surface area contributed by atoms with E-state index in [4.69, 9.17) is 0 Å². The summed E-state index contributed by atoms with van der Waals surface area (Å²) >= 11 is 0. The normalized spacial score (nSPS) is 15.8. The van der Waals surface area contributed by atoms with Crippen LogP contribution in [0.3, 0.4) is 0 Å². The number of aromatic nitrogens is 2. The van der Waals surface area contributed by atoms with Gasteiger partial charge in [0.2, 0.25) is 5.91 Å². The van der Waals surface area contributed by atoms with Crippen LogP contribution in [0.5, 0.6) is 0 Å². The summed E-state index contributed by atoms with van der Waals surface area (Å²) in [5.74, 6) is 1.10. The Morgan fingerprint density at radius 2 is 1.53 bits per heavy atom. The van der Waals surface area contributed by atoms with E-state index >= 15 is 0 Å². The molecule has 0 aliphatic carbocycles. The molecule has 0 saturated carbocycles. The molecule has 4 heteroatoms. The van der Waals surface area contributed by atoms with Gasteiger partial charge in [-0.1, -0.05) is 84.9 Å². The van der Waals surface area contributed by atoms with Crippen molar-refractivity contribution in [2.24, 2.45) is 0 Å². The van der Waals surface area contributed by atoms with Crippen molar-refractivity contribution in [1.29, 1.82) is 0 Å². The third-order valence-corrected chi connectivity index (χ3v) is 6.26. The van der Waals surface area contributed by atoms with Gasteiger partial charge in [0, 0.05) is 13.0 Å². The number of aryl methyl sites for hydroxylation is 1. The molecule has 5 rings (SSSR count). The minimum Gasteiger partial charge on any atom is -0.340 e. The molecule has 1 atom stereocenters. The second-order valence-corrected chi connectivity index (χ2v) is 8.36. The lowest BCUT2D eigenvalue weighted by Crippen LogP contribution is -2.31. The first kappa shape index (κ1) is 20.3. The molecule has 1 aliphatic rings. The maximum Gasteiger partial charge on any atom is 0.223 e. The molecular weight excluding hydrogens is 394 g/mol. The first-order valence-electron chi connectivity index (χ1n) is 11.3. The van der Waals surface area contributed by atoms with Crippen LogP contribution in [0.15, 0.2) is 91.1 Å². The zero-order valence-corrected chi connectivity index (χ0v) is 18.1. The lowest BCUT2D eigenvalue weighted by Gasteiger charge is -2.23. The number of nitrogens with zero attached hydrogens (tertiary/aromatic N) is 2. The molecule has 2 heterocycles. The molecule has 1 fully saturated rings. The van der Waals surface area contributed by atoms with Crippen molar-refractivity contribution in [3.05, 3.63) is 103 Å². The van der Waals surface area contributed by atoms with Crippen LogP contribution in [0.4, 0.5) is 0 Å². The lowest BCUT2D eigenvalue weighted by atomic mass is 10.0. The zero-order chi connectivity index (χ0) is 21.8. The van der Waals surface area contributed by atoms with E-state index < -0.39 is 0 Å². The molecule has 1 saturated heterocycles. The number of amides is 1. The Hall–Kier alpha value is -3.66. The van der Waals surface area contributed by atoms with Crippen LogP contribution in [0.25, 0.3) is 22.4 Å². The number of benzene rings is 3. The van der Waals surface area contributed by atoms with E-state index in [2.05, 4.69) is 70.6 Å². The number of carbonyl (C=O) groups excluding carboxylic acids is 1. The van der Waals surface area contributed by atoms with Crippen molar-refractivity contribution in [2.75, 3.05) is 6.54 Å². The van der Waals surface area contributed by atoms with Crippen LogP contribution in [0.1, 0.15) is 36.7 Å². The molecule has 1 aromatic heterocycles. The van der Waals surface area contributed by atoms with Gasteiger partial charge in [-0.05, 0) is 41.5 Å². The van der Waals surface area contributed by atoms with Gasteiger partial charge < -0.3 is 9.88 Å². The van der Waals surface area contributed by atoms with Gasteiger partial charge >= 0.3 is 0 Å². The van der Waals surface area contributed by atoms with Crippen molar-refractivity contribution in [1.82, 2.24) is 14.9 Å². The van der Waals surface area contributed by atoms with Crippen LogP contribution >= 0.6 is 0 Å². The third-order valence-electron chi connectivity index (χ3n) is 6.26. The van der Waals surface area contributed by atoms with Crippen molar-refractivity contribution in [3.63, 3.8) is 0 Å². The Labute approximate surface area is 189 Å². The first-order chi connectivity index (χ1) is 15.8. The van der Waals surface area contributed by atoms with E-state index in [0.717, 1.165) is 42.9 Å². The Morgan fingerprint density at radius 3 is 2.25 bits per heavy atom.